The van der Waals surface area contributed by atoms with Gasteiger partial charge in [0.2, 0.25) is 0 Å². The van der Waals surface area contributed by atoms with Crippen molar-refractivity contribution < 1.29 is 30.3 Å². The first-order valence-corrected chi connectivity index (χ1v) is 12.0. The van der Waals surface area contributed by atoms with E-state index in [1.54, 1.807) is 0 Å². The molecule has 0 spiro atoms. The van der Waals surface area contributed by atoms with Crippen LogP contribution < -0.4 is 5.19 Å². The third kappa shape index (κ3) is 9.20. The predicted octanol–water partition coefficient (Wildman–Crippen LogP) is 3.90. The van der Waals surface area contributed by atoms with Crippen molar-refractivity contribution in [1.29, 1.82) is 0 Å². The van der Waals surface area contributed by atoms with Crippen LogP contribution in [0.4, 0.5) is 0 Å². The van der Waals surface area contributed by atoms with Crippen molar-refractivity contribution in [2.45, 2.75) is 46.8 Å². The van der Waals surface area contributed by atoms with Gasteiger partial charge in [0, 0.05) is 40.5 Å². The minimum atomic E-state index is -1.37. The summed E-state index contributed by atoms with van der Waals surface area (Å²) in [4.78, 5) is 4.71. The molecule has 3 nitrogen and oxygen atoms in total. The zero-order valence-electron chi connectivity index (χ0n) is 17.3. The van der Waals surface area contributed by atoms with E-state index in [2.05, 4.69) is 64.8 Å². The Kier molecular flexibility index (Phi) is 13.2. The Morgan fingerprint density at radius 2 is 1.62 bits per heavy atom. The van der Waals surface area contributed by atoms with Crippen molar-refractivity contribution >= 4 is 13.3 Å². The van der Waals surface area contributed by atoms with E-state index in [4.69, 9.17) is 15.2 Å². The number of nitrogens with zero attached hydrogens (tertiary/aromatic N) is 1. The van der Waals surface area contributed by atoms with Crippen LogP contribution in [0.15, 0.2) is 36.5 Å². The molecule has 2 rings (SSSR count). The Balaban J connectivity index is 0. The molecule has 2 aromatic rings. The number of benzene rings is 1. The second kappa shape index (κ2) is 12.5. The molecule has 26 heavy (non-hydrogen) atoms. The van der Waals surface area contributed by atoms with Crippen molar-refractivity contribution in [2.75, 3.05) is 14.2 Å². The molecule has 0 atom stereocenters. The normalized spacial score (nSPS) is 10.5. The predicted molar refractivity (Wildman–Crippen MR) is 111 cm³/mol. The fourth-order valence-corrected chi connectivity index (χ4v) is 4.17. The van der Waals surface area contributed by atoms with Crippen LogP contribution in [0.5, 0.6) is 0 Å². The van der Waals surface area contributed by atoms with Gasteiger partial charge < -0.3 is 15.2 Å². The van der Waals surface area contributed by atoms with Gasteiger partial charge in [-0.1, -0.05) is 52.0 Å². The Bertz CT molecular complexity index is 620. The molecule has 0 saturated heterocycles. The smallest absolute Gasteiger partial charge is 0.0798 e. The molecule has 0 aliphatic rings. The number of aromatic nitrogens is 1. The van der Waals surface area contributed by atoms with Gasteiger partial charge in [0.05, 0.1) is 8.07 Å². The maximum atomic E-state index is 7.00. The zero-order valence-corrected chi connectivity index (χ0v) is 20.7. The minimum Gasteiger partial charge on any atom is -0.400 e. The number of hydrogen-bond acceptors (Lipinski definition) is 3. The third-order valence-corrected chi connectivity index (χ3v) is 5.57. The molecular formula is C21H34IrNO2Si-. The molecule has 2 N–H and O–H groups in total. The summed E-state index contributed by atoms with van der Waals surface area (Å²) < 4.78 is 0. The number of aliphatic hydroxyl groups is 2. The summed E-state index contributed by atoms with van der Waals surface area (Å²) in [5.74, 6) is 0. The third-order valence-electron chi connectivity index (χ3n) is 3.50. The number of hydrogen-bond donors (Lipinski definition) is 2. The van der Waals surface area contributed by atoms with Crippen LogP contribution in [-0.2, 0) is 26.5 Å². The quantitative estimate of drug-likeness (QED) is 0.449. The molecule has 0 aliphatic heterocycles. The van der Waals surface area contributed by atoms with Crippen LogP contribution in [0.2, 0.25) is 19.6 Å². The van der Waals surface area contributed by atoms with Gasteiger partial charge in [-0.25, -0.2) is 0 Å². The van der Waals surface area contributed by atoms with E-state index in [-0.39, 0.29) is 25.5 Å². The maximum Gasteiger partial charge on any atom is 0.0798 e. The van der Waals surface area contributed by atoms with Gasteiger partial charge in [-0.3, -0.25) is 0 Å². The number of rotatable bonds is 3. The first-order valence-electron chi connectivity index (χ1n) is 8.53. The molecule has 0 saturated carbocycles. The fourth-order valence-electron chi connectivity index (χ4n) is 2.59. The van der Waals surface area contributed by atoms with Gasteiger partial charge in [-0.15, -0.1) is 35.9 Å². The van der Waals surface area contributed by atoms with Crippen LogP contribution in [0.1, 0.15) is 26.3 Å². The molecule has 0 fully saturated rings. The van der Waals surface area contributed by atoms with E-state index < -0.39 is 8.07 Å². The topological polar surface area (TPSA) is 53.4 Å². The van der Waals surface area contributed by atoms with Gasteiger partial charge in [0.15, 0.2) is 0 Å². The van der Waals surface area contributed by atoms with E-state index in [0.29, 0.717) is 0 Å². The number of aliphatic hydroxyl groups excluding tert-OH is 2. The molecule has 0 bridgehead atoms. The molecule has 1 aromatic heterocycles. The monoisotopic (exact) mass is 553 g/mol. The van der Waals surface area contributed by atoms with Gasteiger partial charge in [0.1, 0.15) is 0 Å². The first-order chi connectivity index (χ1) is 11.7. The largest absolute Gasteiger partial charge is 0.400 e. The zero-order chi connectivity index (χ0) is 19.7. The Hall–Kier alpha value is -0.844. The van der Waals surface area contributed by atoms with Crippen molar-refractivity contribution in [1.82, 2.24) is 4.98 Å². The average Bonchev–Trinajstić information content (AvgIpc) is 2.57. The van der Waals surface area contributed by atoms with Gasteiger partial charge >= 0.3 is 0 Å². The molecule has 1 radical (unpaired) electrons. The van der Waals surface area contributed by atoms with E-state index in [1.807, 2.05) is 18.2 Å². The molecule has 5 heteroatoms. The SMILES string of the molecule is CC(C)(C)Cc1cc(-c2[c-]cccc2)ncc1[Si](C)(C)C.CO.CO.[Ir]. The molecular weight excluding hydrogens is 519 g/mol. The molecule has 0 aliphatic carbocycles. The van der Waals surface area contributed by atoms with Crippen LogP contribution in [0.25, 0.3) is 11.3 Å². The Labute approximate surface area is 174 Å². The molecule has 1 heterocycles. The van der Waals surface area contributed by atoms with Crippen LogP contribution in [0.3, 0.4) is 0 Å². The maximum absolute atomic E-state index is 7.00. The van der Waals surface area contributed by atoms with E-state index >= 15 is 0 Å². The summed E-state index contributed by atoms with van der Waals surface area (Å²) >= 11 is 0. The summed E-state index contributed by atoms with van der Waals surface area (Å²) in [5, 5.41) is 15.5. The van der Waals surface area contributed by atoms with E-state index in [1.165, 1.54) is 10.8 Å². The standard InChI is InChI=1S/C19H26NSi.2CH4O.Ir/c1-19(2,3)13-16-12-17(15-10-8-7-9-11-15)20-14-18(16)21(4,5)6;2*1-2;/h7-10,12,14H,13H2,1-6H3;2*2H,1H3;/q-1;;;. The molecule has 149 valence electrons. The summed E-state index contributed by atoms with van der Waals surface area (Å²) in [6, 6.07) is 13.6. The second-order valence-corrected chi connectivity index (χ2v) is 13.0. The summed E-state index contributed by atoms with van der Waals surface area (Å²) in [6.45, 7) is 14.1. The van der Waals surface area contributed by atoms with Crippen molar-refractivity contribution in [3.8, 4) is 11.3 Å². The molecule has 1 aromatic carbocycles. The Morgan fingerprint density at radius 1 is 1.04 bits per heavy atom. The first kappa shape index (κ1) is 27.4. The average molecular weight is 553 g/mol. The summed E-state index contributed by atoms with van der Waals surface area (Å²) in [7, 11) is 0.626. The fraction of sp³-hybridized carbons (Fsp3) is 0.476. The van der Waals surface area contributed by atoms with E-state index in [9.17, 15) is 0 Å². The second-order valence-electron chi connectivity index (χ2n) is 7.99. The van der Waals surface area contributed by atoms with Crippen LogP contribution >= 0.6 is 0 Å². The number of pyridine rings is 1. The minimum absolute atomic E-state index is 0. The van der Waals surface area contributed by atoms with Crippen molar-refractivity contribution in [3.05, 3.63) is 48.2 Å². The molecule has 0 unspecified atom stereocenters. The van der Waals surface area contributed by atoms with E-state index in [0.717, 1.165) is 31.9 Å². The molecule has 0 amide bonds. The van der Waals surface area contributed by atoms with Crippen LogP contribution in [-0.4, -0.2) is 37.5 Å². The van der Waals surface area contributed by atoms with Gasteiger partial charge in [-0.05, 0) is 22.7 Å². The van der Waals surface area contributed by atoms with Crippen molar-refractivity contribution in [2.24, 2.45) is 5.41 Å². The Morgan fingerprint density at radius 3 is 2.04 bits per heavy atom. The van der Waals surface area contributed by atoms with Crippen LogP contribution in [0, 0.1) is 11.5 Å². The van der Waals surface area contributed by atoms with Gasteiger partial charge in [-0.2, -0.15) is 0 Å². The summed E-state index contributed by atoms with van der Waals surface area (Å²) in [5.41, 5.74) is 3.86. The van der Waals surface area contributed by atoms with Crippen molar-refractivity contribution in [3.63, 3.8) is 0 Å². The summed E-state index contributed by atoms with van der Waals surface area (Å²) in [6.07, 6.45) is 3.21. The van der Waals surface area contributed by atoms with Gasteiger partial charge in [0.25, 0.3) is 0 Å².